The van der Waals surface area contributed by atoms with E-state index < -0.39 is 0 Å². The standard InChI is InChI=1S/C20H27FN4.HI/c1-14(2)16-6-5-7-18(11-16)24-20(22)23-12-15-8-9-19(21)17(10-15)13-25(3)4;/h5-11,14H,12-13H2,1-4H3,(H3,22,23,24);1H. The maximum absolute atomic E-state index is 13.8. The van der Waals surface area contributed by atoms with E-state index in [1.807, 2.05) is 37.2 Å². The van der Waals surface area contributed by atoms with E-state index in [1.165, 1.54) is 11.6 Å². The molecule has 2 aromatic rings. The molecule has 0 aliphatic carbocycles. The van der Waals surface area contributed by atoms with Crippen molar-refractivity contribution in [1.29, 1.82) is 0 Å². The Morgan fingerprint density at radius 1 is 1.19 bits per heavy atom. The maximum Gasteiger partial charge on any atom is 0.193 e. The van der Waals surface area contributed by atoms with E-state index in [2.05, 4.69) is 36.3 Å². The van der Waals surface area contributed by atoms with Crippen LogP contribution in [0, 0.1) is 5.82 Å². The summed E-state index contributed by atoms with van der Waals surface area (Å²) in [7, 11) is 3.83. The summed E-state index contributed by atoms with van der Waals surface area (Å²) in [5.41, 5.74) is 9.73. The molecule has 2 rings (SSSR count). The molecule has 0 bridgehead atoms. The van der Waals surface area contributed by atoms with E-state index in [0.29, 0.717) is 30.5 Å². The number of aliphatic imine (C=N–C) groups is 1. The van der Waals surface area contributed by atoms with Crippen LogP contribution in [0.25, 0.3) is 0 Å². The first-order chi connectivity index (χ1) is 11.8. The summed E-state index contributed by atoms with van der Waals surface area (Å²) in [6.07, 6.45) is 0. The van der Waals surface area contributed by atoms with E-state index in [9.17, 15) is 4.39 Å². The lowest BCUT2D eigenvalue weighted by molar-refractivity contribution is 0.392. The van der Waals surface area contributed by atoms with Crippen LogP contribution in [0.4, 0.5) is 10.1 Å². The number of hydrogen-bond acceptors (Lipinski definition) is 2. The Hall–Kier alpha value is -1.67. The summed E-state index contributed by atoms with van der Waals surface area (Å²) in [6, 6.07) is 13.2. The maximum atomic E-state index is 13.8. The zero-order chi connectivity index (χ0) is 18.4. The summed E-state index contributed by atoms with van der Waals surface area (Å²) in [5.74, 6) is 0.603. The summed E-state index contributed by atoms with van der Waals surface area (Å²) in [6.45, 7) is 5.26. The molecule has 0 amide bonds. The average molecular weight is 470 g/mol. The first-order valence-corrected chi connectivity index (χ1v) is 8.44. The molecule has 0 atom stereocenters. The molecule has 142 valence electrons. The van der Waals surface area contributed by atoms with Gasteiger partial charge in [-0.1, -0.05) is 32.0 Å². The zero-order valence-corrected chi connectivity index (χ0v) is 18.1. The van der Waals surface area contributed by atoms with Gasteiger partial charge in [0.2, 0.25) is 0 Å². The van der Waals surface area contributed by atoms with Gasteiger partial charge in [0.1, 0.15) is 5.82 Å². The number of anilines is 1. The number of halogens is 2. The number of nitrogens with one attached hydrogen (secondary N) is 1. The third kappa shape index (κ3) is 6.92. The van der Waals surface area contributed by atoms with Crippen LogP contribution >= 0.6 is 24.0 Å². The highest BCUT2D eigenvalue weighted by Gasteiger charge is 2.05. The van der Waals surface area contributed by atoms with Gasteiger partial charge < -0.3 is 16.0 Å². The van der Waals surface area contributed by atoms with Crippen molar-refractivity contribution in [1.82, 2.24) is 4.90 Å². The van der Waals surface area contributed by atoms with Gasteiger partial charge >= 0.3 is 0 Å². The molecule has 6 heteroatoms. The summed E-state index contributed by atoms with van der Waals surface area (Å²) in [4.78, 5) is 6.30. The van der Waals surface area contributed by atoms with Crippen LogP contribution in [0.1, 0.15) is 36.5 Å². The Balaban J connectivity index is 0.00000338. The zero-order valence-electron chi connectivity index (χ0n) is 15.8. The van der Waals surface area contributed by atoms with Gasteiger partial charge in [0.15, 0.2) is 5.96 Å². The lowest BCUT2D eigenvalue weighted by atomic mass is 10.0. The van der Waals surface area contributed by atoms with Gasteiger partial charge in [-0.15, -0.1) is 24.0 Å². The van der Waals surface area contributed by atoms with Crippen molar-refractivity contribution in [2.75, 3.05) is 19.4 Å². The summed E-state index contributed by atoms with van der Waals surface area (Å²) in [5, 5.41) is 3.11. The molecular weight excluding hydrogens is 442 g/mol. The van der Waals surface area contributed by atoms with Crippen molar-refractivity contribution in [2.24, 2.45) is 10.7 Å². The Morgan fingerprint density at radius 3 is 2.58 bits per heavy atom. The number of nitrogens with two attached hydrogens (primary N) is 1. The number of rotatable bonds is 6. The first-order valence-electron chi connectivity index (χ1n) is 8.44. The molecule has 0 unspecified atom stereocenters. The van der Waals surface area contributed by atoms with E-state index in [4.69, 9.17) is 5.73 Å². The third-order valence-electron chi connectivity index (χ3n) is 3.85. The van der Waals surface area contributed by atoms with Crippen molar-refractivity contribution in [3.8, 4) is 0 Å². The van der Waals surface area contributed by atoms with Crippen LogP contribution < -0.4 is 11.1 Å². The fourth-order valence-electron chi connectivity index (χ4n) is 2.53. The lowest BCUT2D eigenvalue weighted by Gasteiger charge is -2.12. The van der Waals surface area contributed by atoms with Gasteiger partial charge in [-0.2, -0.15) is 0 Å². The highest BCUT2D eigenvalue weighted by molar-refractivity contribution is 14.0. The van der Waals surface area contributed by atoms with Crippen LogP contribution in [-0.2, 0) is 13.1 Å². The second-order valence-electron chi connectivity index (χ2n) is 6.77. The Morgan fingerprint density at radius 2 is 1.92 bits per heavy atom. The summed E-state index contributed by atoms with van der Waals surface area (Å²) >= 11 is 0. The van der Waals surface area contributed by atoms with Gasteiger partial charge in [-0.3, -0.25) is 0 Å². The van der Waals surface area contributed by atoms with Crippen molar-refractivity contribution in [3.05, 3.63) is 65.0 Å². The molecule has 0 saturated heterocycles. The van der Waals surface area contributed by atoms with E-state index in [0.717, 1.165) is 11.3 Å². The van der Waals surface area contributed by atoms with Gasteiger partial charge in [0, 0.05) is 17.8 Å². The van der Waals surface area contributed by atoms with Gasteiger partial charge in [0.05, 0.1) is 6.54 Å². The molecule has 26 heavy (non-hydrogen) atoms. The second kappa shape index (κ2) is 10.5. The van der Waals surface area contributed by atoms with Crippen LogP contribution in [0.15, 0.2) is 47.5 Å². The highest BCUT2D eigenvalue weighted by Crippen LogP contribution is 2.18. The number of nitrogens with zero attached hydrogens (tertiary/aromatic N) is 2. The first kappa shape index (κ1) is 22.4. The SMILES string of the molecule is CC(C)c1cccc(NC(N)=NCc2ccc(F)c(CN(C)C)c2)c1.I. The largest absolute Gasteiger partial charge is 0.370 e. The minimum absolute atomic E-state index is 0. The van der Waals surface area contributed by atoms with Gasteiger partial charge in [0.25, 0.3) is 0 Å². The lowest BCUT2D eigenvalue weighted by Crippen LogP contribution is -2.22. The fraction of sp³-hybridized carbons (Fsp3) is 0.350. The van der Waals surface area contributed by atoms with E-state index >= 15 is 0 Å². The molecule has 0 aromatic heterocycles. The van der Waals surface area contributed by atoms with Crippen molar-refractivity contribution < 1.29 is 4.39 Å². The molecular formula is C20H28FIN4. The number of hydrogen-bond donors (Lipinski definition) is 2. The normalized spacial score (nSPS) is 11.6. The van der Waals surface area contributed by atoms with E-state index in [-0.39, 0.29) is 29.8 Å². The van der Waals surface area contributed by atoms with Crippen molar-refractivity contribution >= 4 is 35.6 Å². The Labute approximate surface area is 172 Å². The molecule has 0 radical (unpaired) electrons. The predicted octanol–water partition coefficient (Wildman–Crippen LogP) is 4.56. The number of guanidine groups is 1. The molecule has 0 spiro atoms. The molecule has 0 fully saturated rings. The molecule has 2 aromatic carbocycles. The summed E-state index contributed by atoms with van der Waals surface area (Å²) < 4.78 is 13.8. The minimum atomic E-state index is -0.196. The minimum Gasteiger partial charge on any atom is -0.370 e. The number of benzene rings is 2. The molecule has 0 heterocycles. The Kier molecular flexibility index (Phi) is 9.01. The molecule has 0 aliphatic rings. The van der Waals surface area contributed by atoms with Gasteiger partial charge in [-0.05, 0) is 55.4 Å². The predicted molar refractivity (Wildman–Crippen MR) is 119 cm³/mol. The molecule has 4 nitrogen and oxygen atoms in total. The van der Waals surface area contributed by atoms with Crippen LogP contribution in [0.3, 0.4) is 0 Å². The monoisotopic (exact) mass is 470 g/mol. The average Bonchev–Trinajstić information content (AvgIpc) is 2.55. The topological polar surface area (TPSA) is 53.6 Å². The highest BCUT2D eigenvalue weighted by atomic mass is 127. The molecule has 0 aliphatic heterocycles. The fourth-order valence-corrected chi connectivity index (χ4v) is 2.53. The third-order valence-corrected chi connectivity index (χ3v) is 3.85. The van der Waals surface area contributed by atoms with Crippen LogP contribution in [0.5, 0.6) is 0 Å². The molecule has 3 N–H and O–H groups in total. The smallest absolute Gasteiger partial charge is 0.193 e. The van der Waals surface area contributed by atoms with Crippen molar-refractivity contribution in [3.63, 3.8) is 0 Å². The second-order valence-corrected chi connectivity index (χ2v) is 6.77. The Bertz CT molecular complexity index is 744. The van der Waals surface area contributed by atoms with Gasteiger partial charge in [-0.25, -0.2) is 9.38 Å². The quantitative estimate of drug-likeness (QED) is 0.370. The van der Waals surface area contributed by atoms with Crippen LogP contribution in [0.2, 0.25) is 0 Å². The van der Waals surface area contributed by atoms with Crippen molar-refractivity contribution in [2.45, 2.75) is 32.9 Å². The molecule has 0 saturated carbocycles. The van der Waals surface area contributed by atoms with E-state index in [1.54, 1.807) is 6.07 Å². The van der Waals surface area contributed by atoms with Crippen LogP contribution in [-0.4, -0.2) is 25.0 Å².